The van der Waals surface area contributed by atoms with Gasteiger partial charge >= 0.3 is 11.9 Å². The summed E-state index contributed by atoms with van der Waals surface area (Å²) < 4.78 is 5.41. The highest BCUT2D eigenvalue weighted by atomic mass is 16.5. The molecular weight excluding hydrogens is 210 g/mol. The average Bonchev–Trinajstić information content (AvgIpc) is 2.28. The van der Waals surface area contributed by atoms with E-state index in [9.17, 15) is 9.59 Å². The fourth-order valence-electron chi connectivity index (χ4n) is 1.71. The molecule has 1 heterocycles. The Morgan fingerprint density at radius 1 is 1.44 bits per heavy atom. The highest BCUT2D eigenvalue weighted by molar-refractivity contribution is 6.37. The molecule has 2 rings (SSSR count). The molecule has 5 heteroatoms. The minimum absolute atomic E-state index is 0.279. The van der Waals surface area contributed by atoms with Crippen LogP contribution in [-0.4, -0.2) is 29.6 Å². The van der Waals surface area contributed by atoms with Gasteiger partial charge in [-0.2, -0.15) is 0 Å². The molecule has 16 heavy (non-hydrogen) atoms. The summed E-state index contributed by atoms with van der Waals surface area (Å²) in [5, 5.41) is 8.75. The lowest BCUT2D eigenvalue weighted by molar-refractivity contribution is -0.149. The third kappa shape index (κ3) is 1.60. The van der Waals surface area contributed by atoms with Gasteiger partial charge in [0.2, 0.25) is 0 Å². The van der Waals surface area contributed by atoms with E-state index in [1.165, 1.54) is 4.90 Å². The van der Waals surface area contributed by atoms with Gasteiger partial charge < -0.3 is 9.84 Å². The second-order valence-corrected chi connectivity index (χ2v) is 3.61. The Morgan fingerprint density at radius 3 is 2.81 bits per heavy atom. The lowest BCUT2D eigenvalue weighted by Gasteiger charge is -2.33. The van der Waals surface area contributed by atoms with Crippen LogP contribution < -0.4 is 9.64 Å². The minimum Gasteiger partial charge on any atom is -0.489 e. The molecule has 0 saturated heterocycles. The Bertz CT molecular complexity index is 443. The first-order valence-electron chi connectivity index (χ1n) is 4.89. The summed E-state index contributed by atoms with van der Waals surface area (Å²) in [4.78, 5) is 23.5. The van der Waals surface area contributed by atoms with Crippen molar-refractivity contribution in [2.24, 2.45) is 0 Å². The molecule has 1 aliphatic rings. The predicted molar refractivity (Wildman–Crippen MR) is 56.5 cm³/mol. The number of carboxylic acid groups (broad SMARTS) is 1. The average molecular weight is 221 g/mol. The van der Waals surface area contributed by atoms with Crippen molar-refractivity contribution in [2.75, 3.05) is 11.5 Å². The molecule has 1 aliphatic heterocycles. The van der Waals surface area contributed by atoms with E-state index in [0.717, 1.165) is 0 Å². The highest BCUT2D eigenvalue weighted by Gasteiger charge is 2.32. The second kappa shape index (κ2) is 3.84. The van der Waals surface area contributed by atoms with Crippen molar-refractivity contribution >= 4 is 17.6 Å². The molecule has 5 nitrogen and oxygen atoms in total. The molecule has 0 aliphatic carbocycles. The third-order valence-corrected chi connectivity index (χ3v) is 2.45. The number of hydrogen-bond donors (Lipinski definition) is 1. The SMILES string of the molecule is CC1COc2ccccc2N1C(=O)C(=O)O. The monoisotopic (exact) mass is 221 g/mol. The topological polar surface area (TPSA) is 66.8 Å². The number of ether oxygens (including phenoxy) is 1. The van der Waals surface area contributed by atoms with E-state index in [2.05, 4.69) is 0 Å². The van der Waals surface area contributed by atoms with Gasteiger partial charge in [0.15, 0.2) is 0 Å². The fourth-order valence-corrected chi connectivity index (χ4v) is 1.71. The van der Waals surface area contributed by atoms with Crippen molar-refractivity contribution in [3.63, 3.8) is 0 Å². The van der Waals surface area contributed by atoms with Gasteiger partial charge in [-0.15, -0.1) is 0 Å². The summed E-state index contributed by atoms with van der Waals surface area (Å²) in [6.45, 7) is 2.05. The third-order valence-electron chi connectivity index (χ3n) is 2.45. The number of para-hydroxylation sites is 2. The second-order valence-electron chi connectivity index (χ2n) is 3.61. The van der Waals surface area contributed by atoms with Crippen molar-refractivity contribution in [3.05, 3.63) is 24.3 Å². The molecule has 1 aromatic rings. The van der Waals surface area contributed by atoms with E-state index in [-0.39, 0.29) is 6.04 Å². The quantitative estimate of drug-likeness (QED) is 0.660. The van der Waals surface area contributed by atoms with Gasteiger partial charge in [-0.1, -0.05) is 12.1 Å². The van der Waals surface area contributed by atoms with Crippen LogP contribution in [0.1, 0.15) is 6.92 Å². The van der Waals surface area contributed by atoms with Crippen LogP contribution in [0, 0.1) is 0 Å². The molecule has 0 aromatic heterocycles. The molecule has 0 spiro atoms. The first-order valence-corrected chi connectivity index (χ1v) is 4.89. The van der Waals surface area contributed by atoms with E-state index in [0.29, 0.717) is 18.0 Å². The number of carbonyl (C=O) groups is 2. The molecule has 1 unspecified atom stereocenters. The van der Waals surface area contributed by atoms with Gasteiger partial charge in [-0.05, 0) is 19.1 Å². The van der Waals surface area contributed by atoms with Crippen LogP contribution in [0.15, 0.2) is 24.3 Å². The number of benzene rings is 1. The van der Waals surface area contributed by atoms with Crippen molar-refractivity contribution in [1.82, 2.24) is 0 Å². The number of anilines is 1. The van der Waals surface area contributed by atoms with Gasteiger partial charge in [0.05, 0.1) is 11.7 Å². The van der Waals surface area contributed by atoms with E-state index < -0.39 is 11.9 Å². The number of hydrogen-bond acceptors (Lipinski definition) is 3. The molecule has 0 fully saturated rings. The molecule has 1 N–H and O–H groups in total. The number of carbonyl (C=O) groups excluding carboxylic acids is 1. The fraction of sp³-hybridized carbons (Fsp3) is 0.273. The van der Waals surface area contributed by atoms with Crippen LogP contribution in [0.5, 0.6) is 5.75 Å². The Kier molecular flexibility index (Phi) is 2.52. The Morgan fingerprint density at radius 2 is 2.12 bits per heavy atom. The number of aliphatic carboxylic acids is 1. The largest absolute Gasteiger partial charge is 0.489 e. The van der Waals surface area contributed by atoms with E-state index in [1.807, 2.05) is 0 Å². The lowest BCUT2D eigenvalue weighted by Crippen LogP contribution is -2.47. The van der Waals surface area contributed by atoms with Crippen molar-refractivity contribution in [2.45, 2.75) is 13.0 Å². The van der Waals surface area contributed by atoms with Gasteiger partial charge in [0.1, 0.15) is 12.4 Å². The Hall–Kier alpha value is -2.04. The standard InChI is InChI=1S/C11H11NO4/c1-7-6-16-9-5-3-2-4-8(9)12(7)10(13)11(14)15/h2-5,7H,6H2,1H3,(H,14,15). The predicted octanol–water partition coefficient (Wildman–Crippen LogP) is 0.885. The van der Waals surface area contributed by atoms with Crippen LogP contribution in [0.4, 0.5) is 5.69 Å². The van der Waals surface area contributed by atoms with Gasteiger partial charge in [0, 0.05) is 0 Å². The maximum atomic E-state index is 11.5. The number of nitrogens with zero attached hydrogens (tertiary/aromatic N) is 1. The summed E-state index contributed by atoms with van der Waals surface area (Å²) in [5.74, 6) is -1.85. The smallest absolute Gasteiger partial charge is 0.394 e. The zero-order chi connectivity index (χ0) is 11.7. The Balaban J connectivity index is 2.44. The molecule has 1 amide bonds. The summed E-state index contributed by atoms with van der Waals surface area (Å²) >= 11 is 0. The van der Waals surface area contributed by atoms with Crippen molar-refractivity contribution in [1.29, 1.82) is 0 Å². The number of carboxylic acids is 1. The molecule has 1 atom stereocenters. The number of rotatable bonds is 0. The lowest BCUT2D eigenvalue weighted by atomic mass is 10.1. The van der Waals surface area contributed by atoms with E-state index in [4.69, 9.17) is 9.84 Å². The normalized spacial score (nSPS) is 18.6. The van der Waals surface area contributed by atoms with E-state index >= 15 is 0 Å². The minimum atomic E-state index is -1.46. The summed E-state index contributed by atoms with van der Waals surface area (Å²) in [7, 11) is 0. The zero-order valence-electron chi connectivity index (χ0n) is 8.71. The van der Waals surface area contributed by atoms with Crippen molar-refractivity contribution < 1.29 is 19.4 Å². The van der Waals surface area contributed by atoms with Crippen LogP contribution in [0.2, 0.25) is 0 Å². The van der Waals surface area contributed by atoms with Gasteiger partial charge in [-0.3, -0.25) is 9.69 Å². The molecular formula is C11H11NO4. The van der Waals surface area contributed by atoms with Crippen LogP contribution in [-0.2, 0) is 9.59 Å². The van der Waals surface area contributed by atoms with Crippen LogP contribution >= 0.6 is 0 Å². The van der Waals surface area contributed by atoms with Gasteiger partial charge in [-0.25, -0.2) is 4.79 Å². The number of amides is 1. The van der Waals surface area contributed by atoms with Gasteiger partial charge in [0.25, 0.3) is 0 Å². The molecule has 0 saturated carbocycles. The summed E-state index contributed by atoms with van der Waals surface area (Å²) in [6, 6.07) is 6.62. The molecule has 0 radical (unpaired) electrons. The molecule has 1 aromatic carbocycles. The maximum Gasteiger partial charge on any atom is 0.394 e. The molecule has 0 bridgehead atoms. The zero-order valence-corrected chi connectivity index (χ0v) is 8.71. The first-order chi connectivity index (χ1) is 7.61. The number of fused-ring (bicyclic) bond motifs is 1. The summed E-state index contributed by atoms with van der Waals surface area (Å²) in [5.41, 5.74) is 0.508. The first kappa shape index (κ1) is 10.5. The molecule has 84 valence electrons. The van der Waals surface area contributed by atoms with E-state index in [1.54, 1.807) is 31.2 Å². The highest BCUT2D eigenvalue weighted by Crippen LogP contribution is 2.33. The van der Waals surface area contributed by atoms with Crippen LogP contribution in [0.3, 0.4) is 0 Å². The maximum absolute atomic E-state index is 11.5. The Labute approximate surface area is 92.2 Å². The van der Waals surface area contributed by atoms with Crippen molar-refractivity contribution in [3.8, 4) is 5.75 Å². The van der Waals surface area contributed by atoms with Crippen LogP contribution in [0.25, 0.3) is 0 Å². The summed E-state index contributed by atoms with van der Waals surface area (Å²) in [6.07, 6.45) is 0.